The van der Waals surface area contributed by atoms with Crippen LogP contribution in [0.1, 0.15) is 40.8 Å². The van der Waals surface area contributed by atoms with Crippen molar-refractivity contribution in [2.24, 2.45) is 0 Å². The van der Waals surface area contributed by atoms with Crippen LogP contribution in [0.2, 0.25) is 0 Å². The van der Waals surface area contributed by atoms with Gasteiger partial charge >= 0.3 is 12.0 Å². The van der Waals surface area contributed by atoms with Crippen molar-refractivity contribution in [1.82, 2.24) is 15.5 Å². The van der Waals surface area contributed by atoms with E-state index in [-0.39, 0.29) is 12.6 Å². The molecule has 2 aromatic rings. The van der Waals surface area contributed by atoms with Gasteiger partial charge in [-0.15, -0.1) is 0 Å². The number of urea groups is 1. The minimum Gasteiger partial charge on any atom is -0.463 e. The van der Waals surface area contributed by atoms with Gasteiger partial charge in [0.25, 0.3) is 0 Å². The molecule has 35 heavy (non-hydrogen) atoms. The lowest BCUT2D eigenvalue weighted by molar-refractivity contribution is -0.139. The van der Waals surface area contributed by atoms with E-state index in [2.05, 4.69) is 52.5 Å². The van der Waals surface area contributed by atoms with Crippen molar-refractivity contribution in [1.29, 1.82) is 0 Å². The molecule has 4 rings (SSSR count). The molecule has 1 saturated heterocycles. The van der Waals surface area contributed by atoms with Crippen molar-refractivity contribution >= 4 is 17.7 Å². The fraction of sp³-hybridized carbons (Fsp3) is 0.429. The van der Waals surface area contributed by atoms with Crippen molar-refractivity contribution in [2.45, 2.75) is 40.7 Å². The number of hydrogen-bond donors (Lipinski definition) is 2. The third-order valence-corrected chi connectivity index (χ3v) is 7.07. The molecule has 0 aliphatic carbocycles. The SMILES string of the molecule is CCOC(=O)C1=C(CN2CCN(c3cccc(C)c3C)CC2)NC(=O)N[C@H]1c1cc(C)ccc1C. The Morgan fingerprint density at radius 2 is 1.77 bits per heavy atom. The fourth-order valence-corrected chi connectivity index (χ4v) is 4.95. The number of anilines is 1. The van der Waals surface area contributed by atoms with Crippen LogP contribution in [0.4, 0.5) is 10.5 Å². The molecule has 1 fully saturated rings. The summed E-state index contributed by atoms with van der Waals surface area (Å²) in [5, 5.41) is 5.88. The number of nitrogens with zero attached hydrogens (tertiary/aromatic N) is 2. The zero-order valence-electron chi connectivity index (χ0n) is 21.4. The van der Waals surface area contributed by atoms with Crippen LogP contribution < -0.4 is 15.5 Å². The first kappa shape index (κ1) is 24.8. The summed E-state index contributed by atoms with van der Waals surface area (Å²) in [6.07, 6.45) is 0. The number of amides is 2. The highest BCUT2D eigenvalue weighted by molar-refractivity contribution is 5.95. The molecule has 0 aromatic heterocycles. The van der Waals surface area contributed by atoms with Crippen molar-refractivity contribution in [3.63, 3.8) is 0 Å². The molecule has 0 radical (unpaired) electrons. The normalized spacial score (nSPS) is 18.8. The Morgan fingerprint density at radius 3 is 2.49 bits per heavy atom. The van der Waals surface area contributed by atoms with Crippen LogP contribution in [0.3, 0.4) is 0 Å². The molecule has 1 atom stereocenters. The van der Waals surface area contributed by atoms with Gasteiger partial charge in [0.05, 0.1) is 18.2 Å². The Bertz CT molecular complexity index is 1150. The van der Waals surface area contributed by atoms with Gasteiger partial charge in [-0.2, -0.15) is 0 Å². The van der Waals surface area contributed by atoms with Gasteiger partial charge in [-0.1, -0.05) is 35.9 Å². The molecule has 0 saturated carbocycles. The van der Waals surface area contributed by atoms with Gasteiger partial charge < -0.3 is 20.3 Å². The number of aryl methyl sites for hydroxylation is 3. The molecule has 2 N–H and O–H groups in total. The monoisotopic (exact) mass is 476 g/mol. The number of nitrogens with one attached hydrogen (secondary N) is 2. The molecular weight excluding hydrogens is 440 g/mol. The minimum atomic E-state index is -0.547. The van der Waals surface area contributed by atoms with Crippen molar-refractivity contribution in [3.05, 3.63) is 75.5 Å². The molecule has 0 spiro atoms. The van der Waals surface area contributed by atoms with Crippen LogP contribution in [0, 0.1) is 27.7 Å². The van der Waals surface area contributed by atoms with E-state index in [9.17, 15) is 9.59 Å². The predicted molar refractivity (Wildman–Crippen MR) is 139 cm³/mol. The Morgan fingerprint density at radius 1 is 1.03 bits per heavy atom. The van der Waals surface area contributed by atoms with Gasteiger partial charge in [-0.25, -0.2) is 9.59 Å². The average Bonchev–Trinajstić information content (AvgIpc) is 2.83. The van der Waals surface area contributed by atoms with Crippen molar-refractivity contribution in [3.8, 4) is 0 Å². The van der Waals surface area contributed by atoms with Gasteiger partial charge in [0, 0.05) is 44.1 Å². The van der Waals surface area contributed by atoms with E-state index in [1.54, 1.807) is 6.92 Å². The minimum absolute atomic E-state index is 0.275. The van der Waals surface area contributed by atoms with E-state index in [1.165, 1.54) is 16.8 Å². The van der Waals surface area contributed by atoms with Crippen LogP contribution in [0.15, 0.2) is 47.7 Å². The molecule has 7 nitrogen and oxygen atoms in total. The average molecular weight is 477 g/mol. The highest BCUT2D eigenvalue weighted by Gasteiger charge is 2.35. The summed E-state index contributed by atoms with van der Waals surface area (Å²) < 4.78 is 5.44. The topological polar surface area (TPSA) is 73.9 Å². The van der Waals surface area contributed by atoms with Crippen LogP contribution in [-0.2, 0) is 9.53 Å². The Hall–Kier alpha value is -3.32. The van der Waals surface area contributed by atoms with Gasteiger partial charge in [-0.3, -0.25) is 4.90 Å². The van der Waals surface area contributed by atoms with Gasteiger partial charge in [-0.05, 0) is 62.9 Å². The number of piperazine rings is 1. The van der Waals surface area contributed by atoms with Crippen LogP contribution in [0.25, 0.3) is 0 Å². The number of benzene rings is 2. The Kier molecular flexibility index (Phi) is 7.45. The van der Waals surface area contributed by atoms with Gasteiger partial charge in [0.2, 0.25) is 0 Å². The highest BCUT2D eigenvalue weighted by atomic mass is 16.5. The van der Waals surface area contributed by atoms with E-state index in [0.717, 1.165) is 42.9 Å². The number of ether oxygens (including phenoxy) is 1. The maximum Gasteiger partial charge on any atom is 0.338 e. The lowest BCUT2D eigenvalue weighted by Gasteiger charge is -2.38. The van der Waals surface area contributed by atoms with Crippen LogP contribution in [-0.4, -0.2) is 56.2 Å². The van der Waals surface area contributed by atoms with Crippen LogP contribution >= 0.6 is 0 Å². The summed E-state index contributed by atoms with van der Waals surface area (Å²) in [7, 11) is 0. The van der Waals surface area contributed by atoms with Gasteiger partial charge in [0.15, 0.2) is 0 Å². The lowest BCUT2D eigenvalue weighted by Crippen LogP contribution is -2.52. The first-order valence-corrected chi connectivity index (χ1v) is 12.4. The summed E-state index contributed by atoms with van der Waals surface area (Å²) in [6.45, 7) is 14.3. The quantitative estimate of drug-likeness (QED) is 0.619. The maximum atomic E-state index is 13.1. The summed E-state index contributed by atoms with van der Waals surface area (Å²) in [5.41, 5.74) is 8.01. The van der Waals surface area contributed by atoms with Crippen molar-refractivity contribution < 1.29 is 14.3 Å². The molecule has 0 unspecified atom stereocenters. The summed E-state index contributed by atoms with van der Waals surface area (Å²) in [4.78, 5) is 30.5. The van der Waals surface area contributed by atoms with E-state index >= 15 is 0 Å². The lowest BCUT2D eigenvalue weighted by atomic mass is 9.91. The third-order valence-electron chi connectivity index (χ3n) is 7.07. The summed E-state index contributed by atoms with van der Waals surface area (Å²) in [6, 6.07) is 11.7. The zero-order valence-corrected chi connectivity index (χ0v) is 21.4. The molecule has 7 heteroatoms. The summed E-state index contributed by atoms with van der Waals surface area (Å²) in [5.74, 6) is -0.394. The number of carbonyl (C=O) groups excluding carboxylic acids is 2. The second kappa shape index (κ2) is 10.5. The molecular formula is C28H36N4O3. The number of rotatable bonds is 6. The first-order valence-electron chi connectivity index (χ1n) is 12.4. The molecule has 0 bridgehead atoms. The molecule has 2 aliphatic heterocycles. The smallest absolute Gasteiger partial charge is 0.338 e. The van der Waals surface area contributed by atoms with E-state index in [1.807, 2.05) is 32.0 Å². The summed E-state index contributed by atoms with van der Waals surface area (Å²) >= 11 is 0. The molecule has 186 valence electrons. The third kappa shape index (κ3) is 5.35. The largest absolute Gasteiger partial charge is 0.463 e. The van der Waals surface area contributed by atoms with Gasteiger partial charge in [0.1, 0.15) is 0 Å². The number of carbonyl (C=O) groups is 2. The van der Waals surface area contributed by atoms with Crippen LogP contribution in [0.5, 0.6) is 0 Å². The zero-order chi connectivity index (χ0) is 25.1. The number of esters is 1. The predicted octanol–water partition coefficient (Wildman–Crippen LogP) is 3.91. The molecule has 2 heterocycles. The highest BCUT2D eigenvalue weighted by Crippen LogP contribution is 2.31. The first-order chi connectivity index (χ1) is 16.8. The number of hydrogen-bond acceptors (Lipinski definition) is 5. The molecule has 2 amide bonds. The Labute approximate surface area is 208 Å². The Balaban J connectivity index is 1.59. The second-order valence-electron chi connectivity index (χ2n) is 9.49. The van der Waals surface area contributed by atoms with E-state index in [0.29, 0.717) is 17.8 Å². The van der Waals surface area contributed by atoms with E-state index < -0.39 is 12.0 Å². The second-order valence-corrected chi connectivity index (χ2v) is 9.49. The standard InChI is InChI=1S/C28H36N4O3/c1-6-35-27(33)25-23(29-28(34)30-26(25)22-16-18(2)10-11-20(22)4)17-31-12-14-32(15-13-31)24-9-7-8-19(3)21(24)5/h7-11,16,26H,6,12-15,17H2,1-5H3,(H2,29,30,34)/t26-/m0/s1. The van der Waals surface area contributed by atoms with Crippen molar-refractivity contribution in [2.75, 3.05) is 44.2 Å². The molecule has 2 aliphatic rings. The maximum absolute atomic E-state index is 13.1. The van der Waals surface area contributed by atoms with E-state index in [4.69, 9.17) is 4.74 Å². The fourth-order valence-electron chi connectivity index (χ4n) is 4.95. The molecule has 2 aromatic carbocycles.